The first kappa shape index (κ1) is 17.6. The lowest BCUT2D eigenvalue weighted by molar-refractivity contribution is -0.0142. The van der Waals surface area contributed by atoms with Crippen molar-refractivity contribution < 1.29 is 9.13 Å². The molecule has 0 unspecified atom stereocenters. The van der Waals surface area contributed by atoms with Gasteiger partial charge < -0.3 is 9.64 Å². The number of nitrogens with zero attached hydrogens (tertiary/aromatic N) is 2. The molecule has 0 saturated carbocycles. The van der Waals surface area contributed by atoms with Crippen molar-refractivity contribution in [1.82, 2.24) is 4.90 Å². The lowest BCUT2D eigenvalue weighted by Crippen LogP contribution is -2.29. The average Bonchev–Trinajstić information content (AvgIpc) is 3.01. The van der Waals surface area contributed by atoms with Gasteiger partial charge in [0.25, 0.3) is 0 Å². The quantitative estimate of drug-likeness (QED) is 0.792. The van der Waals surface area contributed by atoms with E-state index in [2.05, 4.69) is 24.9 Å². The van der Waals surface area contributed by atoms with Crippen molar-refractivity contribution in [3.63, 3.8) is 0 Å². The Balaban J connectivity index is 1.97. The summed E-state index contributed by atoms with van der Waals surface area (Å²) in [5, 5.41) is 9.14. The number of halogens is 1. The van der Waals surface area contributed by atoms with Gasteiger partial charge in [0.15, 0.2) is 0 Å². The summed E-state index contributed by atoms with van der Waals surface area (Å²) < 4.78 is 19.7. The van der Waals surface area contributed by atoms with Crippen molar-refractivity contribution in [3.05, 3.63) is 70.5 Å². The fourth-order valence-corrected chi connectivity index (χ4v) is 3.52. The molecule has 2 aromatic rings. The fraction of sp³-hybridized carbons (Fsp3) is 0.381. The Morgan fingerprint density at radius 2 is 2.00 bits per heavy atom. The van der Waals surface area contributed by atoms with Crippen LogP contribution < -0.4 is 0 Å². The highest BCUT2D eigenvalue weighted by molar-refractivity contribution is 5.47. The molecule has 0 radical (unpaired) electrons. The van der Waals surface area contributed by atoms with Crippen molar-refractivity contribution in [2.75, 3.05) is 20.1 Å². The Morgan fingerprint density at radius 1 is 1.24 bits per heavy atom. The highest BCUT2D eigenvalue weighted by atomic mass is 19.1. The smallest absolute Gasteiger partial charge is 0.123 e. The molecule has 4 heteroatoms. The number of hydrogen-bond donors (Lipinski definition) is 0. The molecule has 0 spiro atoms. The van der Waals surface area contributed by atoms with E-state index in [4.69, 9.17) is 10.00 Å². The van der Waals surface area contributed by atoms with Gasteiger partial charge in [0.05, 0.1) is 18.2 Å². The highest BCUT2D eigenvalue weighted by Crippen LogP contribution is 2.45. The zero-order valence-electron chi connectivity index (χ0n) is 14.8. The number of ether oxygens (including phenoxy) is 1. The van der Waals surface area contributed by atoms with E-state index < -0.39 is 5.60 Å². The SMILES string of the molecule is CCN(C)CCC[C@]1(c2ccc(F)cc2)OCc2cc(C#N)ccc21. The van der Waals surface area contributed by atoms with Crippen LogP contribution in [0, 0.1) is 17.1 Å². The first-order valence-electron chi connectivity index (χ1n) is 8.71. The maximum atomic E-state index is 13.4. The van der Waals surface area contributed by atoms with Crippen LogP contribution in [0.4, 0.5) is 4.39 Å². The van der Waals surface area contributed by atoms with Crippen molar-refractivity contribution in [2.24, 2.45) is 0 Å². The summed E-state index contributed by atoms with van der Waals surface area (Å²) in [6, 6.07) is 14.5. The molecule has 0 fully saturated rings. The molecule has 0 aromatic heterocycles. The van der Waals surface area contributed by atoms with Crippen LogP contribution in [0.15, 0.2) is 42.5 Å². The van der Waals surface area contributed by atoms with E-state index in [0.717, 1.165) is 42.6 Å². The molecule has 1 aliphatic heterocycles. The second-order valence-electron chi connectivity index (χ2n) is 6.61. The third-order valence-electron chi connectivity index (χ3n) is 5.06. The van der Waals surface area contributed by atoms with E-state index in [-0.39, 0.29) is 5.82 Å². The van der Waals surface area contributed by atoms with Crippen LogP contribution in [0.1, 0.15) is 42.0 Å². The largest absolute Gasteiger partial charge is 0.361 e. The highest BCUT2D eigenvalue weighted by Gasteiger charge is 2.41. The van der Waals surface area contributed by atoms with Crippen LogP contribution in [-0.2, 0) is 16.9 Å². The predicted octanol–water partition coefficient (Wildman–Crippen LogP) is 4.20. The van der Waals surface area contributed by atoms with E-state index >= 15 is 0 Å². The molecule has 0 bridgehead atoms. The van der Waals surface area contributed by atoms with Crippen LogP contribution in [-0.4, -0.2) is 25.0 Å². The zero-order valence-corrected chi connectivity index (χ0v) is 14.8. The second-order valence-corrected chi connectivity index (χ2v) is 6.61. The van der Waals surface area contributed by atoms with Crippen LogP contribution in [0.2, 0.25) is 0 Å². The maximum Gasteiger partial charge on any atom is 0.123 e. The summed E-state index contributed by atoms with van der Waals surface area (Å²) in [4.78, 5) is 2.27. The van der Waals surface area contributed by atoms with Crippen LogP contribution >= 0.6 is 0 Å². The molecule has 0 aliphatic carbocycles. The lowest BCUT2D eigenvalue weighted by Gasteiger charge is -2.31. The number of hydrogen-bond acceptors (Lipinski definition) is 3. The molecular formula is C21H23FN2O. The molecule has 3 nitrogen and oxygen atoms in total. The first-order chi connectivity index (χ1) is 12.1. The van der Waals surface area contributed by atoms with Crippen molar-refractivity contribution >= 4 is 0 Å². The van der Waals surface area contributed by atoms with Gasteiger partial charge in [-0.2, -0.15) is 5.26 Å². The summed E-state index contributed by atoms with van der Waals surface area (Å²) >= 11 is 0. The molecule has 130 valence electrons. The average molecular weight is 338 g/mol. The third kappa shape index (κ3) is 3.44. The summed E-state index contributed by atoms with van der Waals surface area (Å²) in [7, 11) is 2.10. The monoisotopic (exact) mass is 338 g/mol. The van der Waals surface area contributed by atoms with Gasteiger partial charge >= 0.3 is 0 Å². The van der Waals surface area contributed by atoms with Crippen molar-refractivity contribution in [2.45, 2.75) is 32.0 Å². The van der Waals surface area contributed by atoms with E-state index in [1.54, 1.807) is 0 Å². The molecule has 0 N–H and O–H groups in total. The summed E-state index contributed by atoms with van der Waals surface area (Å²) in [6.45, 7) is 4.60. The van der Waals surface area contributed by atoms with Gasteiger partial charge in [0.2, 0.25) is 0 Å². The van der Waals surface area contributed by atoms with E-state index in [1.807, 2.05) is 30.3 Å². The van der Waals surface area contributed by atoms with Crippen LogP contribution in [0.5, 0.6) is 0 Å². The number of nitriles is 1. The minimum absolute atomic E-state index is 0.248. The van der Waals surface area contributed by atoms with Crippen LogP contribution in [0.25, 0.3) is 0 Å². The molecule has 1 heterocycles. The van der Waals surface area contributed by atoms with Gasteiger partial charge in [-0.25, -0.2) is 4.39 Å². The van der Waals surface area contributed by atoms with Gasteiger partial charge in [0, 0.05) is 0 Å². The zero-order chi connectivity index (χ0) is 17.9. The fourth-order valence-electron chi connectivity index (χ4n) is 3.52. The molecule has 1 atom stereocenters. The van der Waals surface area contributed by atoms with Gasteiger partial charge in [-0.05, 0) is 73.9 Å². The Kier molecular flexibility index (Phi) is 5.17. The molecule has 3 rings (SSSR count). The molecular weight excluding hydrogens is 315 g/mol. The third-order valence-corrected chi connectivity index (χ3v) is 5.06. The Bertz CT molecular complexity index is 781. The molecule has 25 heavy (non-hydrogen) atoms. The summed E-state index contributed by atoms with van der Waals surface area (Å²) in [5.41, 5.74) is 3.19. The molecule has 0 saturated heterocycles. The topological polar surface area (TPSA) is 36.3 Å². The van der Waals surface area contributed by atoms with Gasteiger partial charge in [-0.1, -0.05) is 25.1 Å². The number of benzene rings is 2. The standard InChI is InChI=1S/C21H23FN2O/c1-3-24(2)12-4-11-21(18-6-8-19(22)9-7-18)20-10-5-16(14-23)13-17(20)15-25-21/h5-10,13H,3-4,11-12,15H2,1-2H3/t21-/m1/s1. The summed E-state index contributed by atoms with van der Waals surface area (Å²) in [5.74, 6) is -0.248. The molecule has 1 aliphatic rings. The Labute approximate surface area is 148 Å². The molecule has 0 amide bonds. The summed E-state index contributed by atoms with van der Waals surface area (Å²) in [6.07, 6.45) is 1.79. The minimum atomic E-state index is -0.564. The molecule has 2 aromatic carbocycles. The first-order valence-corrected chi connectivity index (χ1v) is 8.71. The van der Waals surface area contributed by atoms with E-state index in [9.17, 15) is 4.39 Å². The van der Waals surface area contributed by atoms with Crippen LogP contribution in [0.3, 0.4) is 0 Å². The second kappa shape index (κ2) is 7.35. The van der Waals surface area contributed by atoms with Gasteiger partial charge in [-0.3, -0.25) is 0 Å². The van der Waals surface area contributed by atoms with E-state index in [0.29, 0.717) is 12.2 Å². The van der Waals surface area contributed by atoms with Gasteiger partial charge in [0.1, 0.15) is 11.4 Å². The Morgan fingerprint density at radius 3 is 2.68 bits per heavy atom. The lowest BCUT2D eigenvalue weighted by atomic mass is 9.81. The Hall–Kier alpha value is -2.22. The predicted molar refractivity (Wildman–Crippen MR) is 95.5 cm³/mol. The van der Waals surface area contributed by atoms with E-state index in [1.165, 1.54) is 12.1 Å². The van der Waals surface area contributed by atoms with Crippen molar-refractivity contribution in [3.8, 4) is 6.07 Å². The number of fused-ring (bicyclic) bond motifs is 1. The number of rotatable bonds is 6. The maximum absolute atomic E-state index is 13.4. The normalized spacial score (nSPS) is 19.0. The van der Waals surface area contributed by atoms with Crippen molar-refractivity contribution in [1.29, 1.82) is 5.26 Å². The minimum Gasteiger partial charge on any atom is -0.361 e. The van der Waals surface area contributed by atoms with Gasteiger partial charge in [-0.15, -0.1) is 0 Å².